The Morgan fingerprint density at radius 1 is 0.309 bits per heavy atom. The fraction of sp³-hybridized carbons (Fsp3) is 0.152. The Morgan fingerprint density at radius 3 is 0.887 bits per heavy atom. The Labute approximate surface area is 577 Å². The SMILES string of the molecule is [2H]C([2H])(c1cc(-c2ccccc2)c(N2c3cc(-n4c5ccccc5c5ccccc54)ccc3B3c4ccc(-n5c6ccccc6c6ccccc65)cc4N(c4c(-c5ccccc5)cc(C([2H])([2H])C(C)(C)C)cc4-c4ccccc4)c4cc(C(C)(C)C)cc2c43)c(-c2ccccc2)c1)C(C)(C)C. The van der Waals surface area contributed by atoms with Crippen LogP contribution in [0.2, 0.25) is 0 Å². The summed E-state index contributed by atoms with van der Waals surface area (Å²) < 4.78 is 45.6. The number of benzene rings is 13. The van der Waals surface area contributed by atoms with Crippen LogP contribution < -0.4 is 26.2 Å². The van der Waals surface area contributed by atoms with Gasteiger partial charge in [-0.05, 0) is 169 Å². The Morgan fingerprint density at radius 2 is 0.598 bits per heavy atom. The number of nitrogens with zero attached hydrogens (tertiary/aromatic N) is 4. The number of aromatic nitrogens is 2. The minimum absolute atomic E-state index is 0.352. The van der Waals surface area contributed by atoms with Gasteiger partial charge in [-0.2, -0.15) is 0 Å². The second kappa shape index (κ2) is 22.9. The fourth-order valence-corrected chi connectivity index (χ4v) is 15.7. The van der Waals surface area contributed by atoms with Gasteiger partial charge in [0.05, 0.1) is 33.4 Å². The van der Waals surface area contributed by atoms with Crippen molar-refractivity contribution in [1.29, 1.82) is 0 Å². The summed E-state index contributed by atoms with van der Waals surface area (Å²) in [4.78, 5) is 5.15. The number of para-hydroxylation sites is 4. The maximum Gasteiger partial charge on any atom is 0.252 e. The maximum atomic E-state index is 10.2. The molecule has 2 aliphatic heterocycles. The summed E-state index contributed by atoms with van der Waals surface area (Å²) in [5.74, 6) is 0. The van der Waals surface area contributed by atoms with E-state index in [4.69, 9.17) is 0 Å². The van der Waals surface area contributed by atoms with Gasteiger partial charge in [-0.25, -0.2) is 0 Å². The van der Waals surface area contributed by atoms with Crippen LogP contribution in [0.5, 0.6) is 0 Å². The highest BCUT2D eigenvalue weighted by atomic mass is 15.2. The molecule has 0 aliphatic carbocycles. The van der Waals surface area contributed by atoms with Crippen molar-refractivity contribution in [1.82, 2.24) is 9.13 Å². The van der Waals surface area contributed by atoms with Crippen molar-refractivity contribution >= 4 is 101 Å². The number of hydrogen-bond acceptors (Lipinski definition) is 2. The maximum absolute atomic E-state index is 10.2. The monoisotopic (exact) mass is 1250 g/mol. The summed E-state index contributed by atoms with van der Waals surface area (Å²) in [6.07, 6.45) is -3.54. The third kappa shape index (κ3) is 10.3. The molecule has 0 amide bonds. The second-order valence-corrected chi connectivity index (χ2v) is 29.6. The molecule has 2 aliphatic rings. The van der Waals surface area contributed by atoms with E-state index in [9.17, 15) is 5.48 Å². The molecule has 0 spiro atoms. The standard InChI is InChI=1S/C92H79BN4/c1-90(2,3)58-60-50-73(62-30-14-10-15-31-62)88(74(51-60)63-32-16-11-17-33-63)96-83-56-67(94-79-42-26-22-38-69(79)70-39-23-27-43-80(70)94)46-48-77(83)93-78-49-47-68(95-81-44-28-24-40-71(81)72-41-25-29-45-82(72)95)57-84(78)97(86-55-66(92(7,8)9)54-85(96)87(86)93)89-75(64-34-18-12-19-35-64)52-61(59-91(4,5)6)53-76(89)65-36-20-13-21-37-65/h10-57H,58-59H2,1-9H3/i58D2,59D2. The molecule has 13 aromatic carbocycles. The fourth-order valence-electron chi connectivity index (χ4n) is 15.7. The van der Waals surface area contributed by atoms with Gasteiger partial charge in [0.1, 0.15) is 0 Å². The molecular formula is C92H79BN4. The number of anilines is 6. The average Bonchev–Trinajstić information content (AvgIpc) is 0.826. The molecule has 0 fully saturated rings. The van der Waals surface area contributed by atoms with Crippen LogP contribution in [0.1, 0.15) is 84.5 Å². The van der Waals surface area contributed by atoms with E-state index >= 15 is 0 Å². The van der Waals surface area contributed by atoms with Gasteiger partial charge in [-0.1, -0.05) is 269 Å². The zero-order valence-corrected chi connectivity index (χ0v) is 56.6. The third-order valence-electron chi connectivity index (χ3n) is 19.6. The second-order valence-electron chi connectivity index (χ2n) is 29.6. The Bertz CT molecular complexity index is 5220. The Balaban J connectivity index is 1.08. The van der Waals surface area contributed by atoms with Crippen molar-refractivity contribution in [3.05, 3.63) is 308 Å². The lowest BCUT2D eigenvalue weighted by Crippen LogP contribution is -2.61. The summed E-state index contributed by atoms with van der Waals surface area (Å²) in [6.45, 7) is 18.6. The van der Waals surface area contributed by atoms with Crippen LogP contribution >= 0.6 is 0 Å². The molecule has 0 atom stereocenters. The molecule has 0 bridgehead atoms. The predicted molar refractivity (Wildman–Crippen MR) is 416 cm³/mol. The van der Waals surface area contributed by atoms with E-state index in [1.807, 2.05) is 41.5 Å². The first kappa shape index (κ1) is 55.4. The average molecular weight is 1260 g/mol. The van der Waals surface area contributed by atoms with Gasteiger partial charge in [0.15, 0.2) is 0 Å². The van der Waals surface area contributed by atoms with Crippen molar-refractivity contribution < 1.29 is 5.48 Å². The van der Waals surface area contributed by atoms with E-state index in [2.05, 4.69) is 331 Å². The topological polar surface area (TPSA) is 16.3 Å². The molecule has 0 unspecified atom stereocenters. The highest BCUT2D eigenvalue weighted by Gasteiger charge is 2.46. The minimum Gasteiger partial charge on any atom is -0.310 e. The van der Waals surface area contributed by atoms with E-state index in [0.717, 1.165) is 134 Å². The molecule has 0 saturated carbocycles. The Hall–Kier alpha value is -10.9. The zero-order valence-electron chi connectivity index (χ0n) is 60.6. The number of rotatable bonds is 10. The normalized spacial score (nSPS) is 13.9. The van der Waals surface area contributed by atoms with Crippen molar-refractivity contribution in [2.45, 2.75) is 80.5 Å². The molecule has 5 heteroatoms. The summed E-state index contributed by atoms with van der Waals surface area (Å²) in [5.41, 5.74) is 23.6. The van der Waals surface area contributed by atoms with Gasteiger partial charge in [0.25, 0.3) is 6.71 Å². The van der Waals surface area contributed by atoms with Gasteiger partial charge in [-0.3, -0.25) is 0 Å². The van der Waals surface area contributed by atoms with Crippen LogP contribution in [-0.2, 0) is 18.2 Å². The predicted octanol–water partition coefficient (Wildman–Crippen LogP) is 23.1. The highest BCUT2D eigenvalue weighted by Crippen LogP contribution is 2.55. The van der Waals surface area contributed by atoms with Crippen LogP contribution in [0, 0.1) is 10.8 Å². The summed E-state index contributed by atoms with van der Waals surface area (Å²) in [5, 5.41) is 4.71. The molecule has 4 heterocycles. The molecular weight excluding hydrogens is 1170 g/mol. The molecule has 15 aromatic rings. The number of hydrogen-bond donors (Lipinski definition) is 0. The quantitative estimate of drug-likeness (QED) is 0.127. The van der Waals surface area contributed by atoms with E-state index in [0.29, 0.717) is 11.1 Å². The largest absolute Gasteiger partial charge is 0.310 e. The molecule has 17 rings (SSSR count). The zero-order chi connectivity index (χ0) is 69.6. The molecule has 0 radical (unpaired) electrons. The van der Waals surface area contributed by atoms with Crippen molar-refractivity contribution in [3.63, 3.8) is 0 Å². The third-order valence-corrected chi connectivity index (χ3v) is 19.6. The van der Waals surface area contributed by atoms with Crippen molar-refractivity contribution in [2.75, 3.05) is 9.80 Å². The summed E-state index contributed by atoms with van der Waals surface area (Å²) >= 11 is 0. The Kier molecular flexibility index (Phi) is 13.1. The van der Waals surface area contributed by atoms with Gasteiger partial charge >= 0.3 is 0 Å². The lowest BCUT2D eigenvalue weighted by atomic mass is 9.33. The molecule has 0 saturated heterocycles. The van der Waals surface area contributed by atoms with Crippen LogP contribution in [-0.4, -0.2) is 15.8 Å². The molecule has 2 aromatic heterocycles. The molecule has 470 valence electrons. The van der Waals surface area contributed by atoms with Crippen LogP contribution in [0.25, 0.3) is 99.5 Å². The minimum atomic E-state index is -1.77. The molecule has 0 N–H and O–H groups in total. The van der Waals surface area contributed by atoms with E-state index < -0.39 is 29.0 Å². The van der Waals surface area contributed by atoms with Crippen LogP contribution in [0.3, 0.4) is 0 Å². The van der Waals surface area contributed by atoms with Gasteiger partial charge < -0.3 is 18.9 Å². The summed E-state index contributed by atoms with van der Waals surface area (Å²) in [6, 6.07) is 105. The smallest absolute Gasteiger partial charge is 0.252 e. The van der Waals surface area contributed by atoms with E-state index in [1.165, 1.54) is 21.5 Å². The number of fused-ring (bicyclic) bond motifs is 10. The van der Waals surface area contributed by atoms with Crippen molar-refractivity contribution in [3.8, 4) is 55.9 Å². The first-order chi connectivity index (χ1) is 48.6. The van der Waals surface area contributed by atoms with Gasteiger partial charge in [-0.15, -0.1) is 0 Å². The van der Waals surface area contributed by atoms with E-state index in [1.54, 1.807) is 0 Å². The van der Waals surface area contributed by atoms with Crippen LogP contribution in [0.15, 0.2) is 291 Å². The first-order valence-corrected chi connectivity index (χ1v) is 34.2. The molecule has 97 heavy (non-hydrogen) atoms. The highest BCUT2D eigenvalue weighted by molar-refractivity contribution is 7.00. The van der Waals surface area contributed by atoms with Crippen LogP contribution in [0.4, 0.5) is 34.1 Å². The van der Waals surface area contributed by atoms with Gasteiger partial charge in [0.2, 0.25) is 0 Å². The summed E-state index contributed by atoms with van der Waals surface area (Å²) in [7, 11) is 0. The lowest BCUT2D eigenvalue weighted by Gasteiger charge is -2.46. The lowest BCUT2D eigenvalue weighted by molar-refractivity contribution is 0.411. The first-order valence-electron chi connectivity index (χ1n) is 36.2. The molecule has 4 nitrogen and oxygen atoms in total. The van der Waals surface area contributed by atoms with E-state index in [-0.39, 0.29) is 6.71 Å². The van der Waals surface area contributed by atoms with Gasteiger partial charge in [0, 0.05) is 83.4 Å². The van der Waals surface area contributed by atoms with Crippen molar-refractivity contribution in [2.24, 2.45) is 10.8 Å².